The van der Waals surface area contributed by atoms with E-state index in [-0.39, 0.29) is 5.97 Å². The van der Waals surface area contributed by atoms with Crippen LogP contribution in [0.5, 0.6) is 0 Å². The second kappa shape index (κ2) is 7.85. The molecular weight excluding hydrogens is 444 g/mol. The molecule has 33 heavy (non-hydrogen) atoms. The van der Waals surface area contributed by atoms with Gasteiger partial charge in [0.1, 0.15) is 11.5 Å². The molecule has 1 N–H and O–H groups in total. The molecule has 0 spiro atoms. The summed E-state index contributed by atoms with van der Waals surface area (Å²) in [4.78, 5) is 25.1. The maximum Gasteiger partial charge on any atom is 0.343 e. The van der Waals surface area contributed by atoms with Crippen LogP contribution in [0.2, 0.25) is 0 Å². The SMILES string of the molecule is CN(c1ncccc1Cn1ccc2cnc(NC3=CCC4=COC(=O)C4=C3)nc21)S(C)(=O)=O. The zero-order chi connectivity index (χ0) is 23.2. The minimum absolute atomic E-state index is 0.362. The summed E-state index contributed by atoms with van der Waals surface area (Å²) in [5, 5.41) is 3.99. The van der Waals surface area contributed by atoms with Crippen molar-refractivity contribution >= 4 is 38.8 Å². The van der Waals surface area contributed by atoms with Gasteiger partial charge in [0.15, 0.2) is 0 Å². The minimum Gasteiger partial charge on any atom is -0.431 e. The zero-order valence-electron chi connectivity index (χ0n) is 17.9. The molecule has 1 aliphatic heterocycles. The van der Waals surface area contributed by atoms with Gasteiger partial charge in [0, 0.05) is 47.9 Å². The smallest absolute Gasteiger partial charge is 0.343 e. The summed E-state index contributed by atoms with van der Waals surface area (Å²) in [6.45, 7) is 0.371. The highest BCUT2D eigenvalue weighted by Crippen LogP contribution is 2.29. The molecule has 0 fully saturated rings. The standard InChI is InChI=1S/C22H20N6O4S/c1-27(33(2,30)31)19-15(4-3-8-23-19)12-28-9-7-14-11-24-22(26-20(14)28)25-17-6-5-16-13-32-21(29)18(16)10-17/h3-4,6-11,13H,5,12H2,1-2H3,(H,24,25,26). The predicted octanol–water partition coefficient (Wildman–Crippen LogP) is 2.34. The molecule has 0 unspecified atom stereocenters. The Labute approximate surface area is 190 Å². The number of anilines is 2. The summed E-state index contributed by atoms with van der Waals surface area (Å²) < 4.78 is 32.1. The Bertz CT molecular complexity index is 1490. The van der Waals surface area contributed by atoms with Gasteiger partial charge < -0.3 is 14.6 Å². The second-order valence-electron chi connectivity index (χ2n) is 7.73. The first-order valence-corrected chi connectivity index (χ1v) is 11.9. The Morgan fingerprint density at radius 1 is 1.27 bits per heavy atom. The van der Waals surface area contributed by atoms with Gasteiger partial charge in [0.2, 0.25) is 16.0 Å². The molecule has 0 saturated heterocycles. The van der Waals surface area contributed by atoms with Crippen LogP contribution in [0.3, 0.4) is 0 Å². The Morgan fingerprint density at radius 2 is 2.12 bits per heavy atom. The van der Waals surface area contributed by atoms with E-state index >= 15 is 0 Å². The summed E-state index contributed by atoms with van der Waals surface area (Å²) >= 11 is 0. The van der Waals surface area contributed by atoms with Crippen LogP contribution >= 0.6 is 0 Å². The molecule has 4 heterocycles. The number of nitrogens with one attached hydrogen (secondary N) is 1. The second-order valence-corrected chi connectivity index (χ2v) is 9.74. The number of fused-ring (bicyclic) bond motifs is 2. The number of aromatic nitrogens is 4. The van der Waals surface area contributed by atoms with Crippen LogP contribution in [0, 0.1) is 0 Å². The van der Waals surface area contributed by atoms with E-state index in [2.05, 4.69) is 20.3 Å². The van der Waals surface area contributed by atoms with Gasteiger partial charge in [-0.05, 0) is 24.6 Å². The average Bonchev–Trinajstić information content (AvgIpc) is 3.36. The zero-order valence-corrected chi connectivity index (χ0v) is 18.7. The average molecular weight is 465 g/mol. The molecular formula is C22H20N6O4S. The van der Waals surface area contributed by atoms with Crippen molar-refractivity contribution in [3.8, 4) is 0 Å². The first kappa shape index (κ1) is 20.9. The molecule has 0 amide bonds. The van der Waals surface area contributed by atoms with E-state index in [1.165, 1.54) is 13.3 Å². The van der Waals surface area contributed by atoms with Crippen LogP contribution in [0.25, 0.3) is 11.0 Å². The number of allylic oxidation sites excluding steroid dienone is 2. The topological polar surface area (TPSA) is 119 Å². The Kier molecular flexibility index (Phi) is 4.97. The van der Waals surface area contributed by atoms with Crippen LogP contribution in [0.15, 0.2) is 72.0 Å². The van der Waals surface area contributed by atoms with Gasteiger partial charge in [0.05, 0.1) is 24.6 Å². The molecule has 3 aromatic heterocycles. The van der Waals surface area contributed by atoms with Crippen LogP contribution in [-0.2, 0) is 26.1 Å². The van der Waals surface area contributed by atoms with Gasteiger partial charge in [-0.25, -0.2) is 23.2 Å². The number of ether oxygens (including phenoxy) is 1. The van der Waals surface area contributed by atoms with E-state index < -0.39 is 10.0 Å². The number of rotatable bonds is 6. The summed E-state index contributed by atoms with van der Waals surface area (Å²) in [6.07, 6.45) is 12.0. The third kappa shape index (κ3) is 3.98. The normalized spacial score (nSPS) is 15.5. The van der Waals surface area contributed by atoms with Crippen molar-refractivity contribution in [1.29, 1.82) is 0 Å². The molecule has 10 nitrogen and oxygen atoms in total. The molecule has 5 rings (SSSR count). The lowest BCUT2D eigenvalue weighted by Gasteiger charge is -2.19. The molecule has 1 aliphatic carbocycles. The van der Waals surface area contributed by atoms with Crippen molar-refractivity contribution < 1.29 is 17.9 Å². The fraction of sp³-hybridized carbons (Fsp3) is 0.182. The third-order valence-corrected chi connectivity index (χ3v) is 6.65. The number of hydrogen-bond acceptors (Lipinski definition) is 8. The maximum absolute atomic E-state index is 12.0. The largest absolute Gasteiger partial charge is 0.431 e. The minimum atomic E-state index is -3.46. The lowest BCUT2D eigenvalue weighted by molar-refractivity contribution is -0.132. The Morgan fingerprint density at radius 3 is 2.94 bits per heavy atom. The fourth-order valence-corrected chi connectivity index (χ4v) is 4.16. The van der Waals surface area contributed by atoms with E-state index in [0.717, 1.165) is 27.1 Å². The van der Waals surface area contributed by atoms with Gasteiger partial charge in [-0.1, -0.05) is 12.1 Å². The van der Waals surface area contributed by atoms with E-state index in [0.29, 0.717) is 41.6 Å². The van der Waals surface area contributed by atoms with Crippen LogP contribution in [0.1, 0.15) is 12.0 Å². The number of cyclic esters (lactones) is 1. The number of pyridine rings is 1. The quantitative estimate of drug-likeness (QED) is 0.552. The first-order valence-electron chi connectivity index (χ1n) is 10.1. The molecule has 3 aromatic rings. The highest BCUT2D eigenvalue weighted by atomic mass is 32.2. The van der Waals surface area contributed by atoms with Crippen LogP contribution < -0.4 is 9.62 Å². The van der Waals surface area contributed by atoms with Crippen molar-refractivity contribution in [3.63, 3.8) is 0 Å². The molecule has 0 saturated carbocycles. The van der Waals surface area contributed by atoms with Gasteiger partial charge >= 0.3 is 5.97 Å². The van der Waals surface area contributed by atoms with E-state index in [1.807, 2.05) is 29.0 Å². The lowest BCUT2D eigenvalue weighted by atomic mass is 9.99. The molecule has 0 atom stereocenters. The van der Waals surface area contributed by atoms with Crippen LogP contribution in [-0.4, -0.2) is 47.2 Å². The van der Waals surface area contributed by atoms with Crippen molar-refractivity contribution in [2.45, 2.75) is 13.0 Å². The number of carbonyl (C=O) groups excluding carboxylic acids is 1. The summed E-state index contributed by atoms with van der Waals surface area (Å²) in [6, 6.07) is 5.49. The maximum atomic E-state index is 12.0. The Balaban J connectivity index is 1.44. The predicted molar refractivity (Wildman–Crippen MR) is 123 cm³/mol. The molecule has 168 valence electrons. The van der Waals surface area contributed by atoms with Gasteiger partial charge in [-0.3, -0.25) is 4.31 Å². The van der Waals surface area contributed by atoms with E-state index in [9.17, 15) is 13.2 Å². The van der Waals surface area contributed by atoms with Gasteiger partial charge in [-0.2, -0.15) is 4.98 Å². The highest BCUT2D eigenvalue weighted by Gasteiger charge is 2.25. The highest BCUT2D eigenvalue weighted by molar-refractivity contribution is 7.92. The molecule has 11 heteroatoms. The summed E-state index contributed by atoms with van der Waals surface area (Å²) in [7, 11) is -1.98. The van der Waals surface area contributed by atoms with Crippen LogP contribution in [0.4, 0.5) is 11.8 Å². The number of esters is 1. The third-order valence-electron chi connectivity index (χ3n) is 5.48. The monoisotopic (exact) mass is 464 g/mol. The number of sulfonamides is 1. The molecule has 0 bridgehead atoms. The van der Waals surface area contributed by atoms with Crippen molar-refractivity contribution in [2.75, 3.05) is 22.9 Å². The number of hydrogen-bond donors (Lipinski definition) is 1. The Hall–Kier alpha value is -3.99. The van der Waals surface area contributed by atoms with E-state index in [4.69, 9.17) is 4.74 Å². The number of nitrogens with zero attached hydrogens (tertiary/aromatic N) is 5. The molecule has 0 radical (unpaired) electrons. The number of carbonyl (C=O) groups is 1. The van der Waals surface area contributed by atoms with Gasteiger partial charge in [-0.15, -0.1) is 0 Å². The summed E-state index contributed by atoms with van der Waals surface area (Å²) in [5.74, 6) is 0.374. The molecule has 0 aromatic carbocycles. The lowest BCUT2D eigenvalue weighted by Crippen LogP contribution is -2.27. The van der Waals surface area contributed by atoms with Crippen molar-refractivity contribution in [1.82, 2.24) is 19.5 Å². The van der Waals surface area contributed by atoms with Crippen molar-refractivity contribution in [3.05, 3.63) is 77.6 Å². The van der Waals surface area contributed by atoms with E-state index in [1.54, 1.807) is 24.5 Å². The fourth-order valence-electron chi connectivity index (χ4n) is 3.68. The molecule has 2 aliphatic rings. The van der Waals surface area contributed by atoms with Crippen molar-refractivity contribution in [2.24, 2.45) is 0 Å². The summed E-state index contributed by atoms with van der Waals surface area (Å²) in [5.41, 5.74) is 3.50. The first-order chi connectivity index (χ1) is 15.8. The van der Waals surface area contributed by atoms with Gasteiger partial charge in [0.25, 0.3) is 0 Å².